The van der Waals surface area contributed by atoms with Crippen molar-refractivity contribution in [2.75, 3.05) is 11.4 Å². The largest absolute Gasteiger partial charge is 0.349 e. The number of nitrogens with zero attached hydrogens (tertiary/aromatic N) is 1. The van der Waals surface area contributed by atoms with Crippen LogP contribution in [0.1, 0.15) is 48.9 Å². The standard InChI is InChI=1S/C21H24Cl2N2O3S/c1-25(18-11-9-16(22)10-12-18)29(27,28)20-14-15(8-13-19(20)23)21(26)24-17-6-4-2-3-5-7-17/h8-14,17H,2-7H2,1H3,(H,24,26). The van der Waals surface area contributed by atoms with Gasteiger partial charge in [0.25, 0.3) is 15.9 Å². The average molecular weight is 455 g/mol. The number of carbonyl (C=O) groups is 1. The minimum Gasteiger partial charge on any atom is -0.349 e. The number of anilines is 1. The topological polar surface area (TPSA) is 66.5 Å². The van der Waals surface area contributed by atoms with Crippen LogP contribution in [-0.2, 0) is 10.0 Å². The number of carbonyl (C=O) groups excluding carboxylic acids is 1. The van der Waals surface area contributed by atoms with Crippen LogP contribution in [0.15, 0.2) is 47.4 Å². The van der Waals surface area contributed by atoms with Gasteiger partial charge < -0.3 is 5.32 Å². The van der Waals surface area contributed by atoms with Gasteiger partial charge >= 0.3 is 0 Å². The van der Waals surface area contributed by atoms with Crippen molar-refractivity contribution in [3.63, 3.8) is 0 Å². The maximum atomic E-state index is 13.1. The van der Waals surface area contributed by atoms with E-state index in [0.29, 0.717) is 10.7 Å². The normalized spacial score (nSPS) is 15.6. The van der Waals surface area contributed by atoms with Gasteiger partial charge in [0.15, 0.2) is 0 Å². The molecule has 0 heterocycles. The summed E-state index contributed by atoms with van der Waals surface area (Å²) >= 11 is 12.1. The van der Waals surface area contributed by atoms with Crippen LogP contribution in [0, 0.1) is 0 Å². The second-order valence-corrected chi connectivity index (χ2v) is 10.0. The predicted octanol–water partition coefficient (Wildman–Crippen LogP) is 5.27. The van der Waals surface area contributed by atoms with Crippen LogP contribution in [0.3, 0.4) is 0 Å². The molecule has 0 spiro atoms. The molecule has 1 aliphatic carbocycles. The van der Waals surface area contributed by atoms with Crippen molar-refractivity contribution in [1.82, 2.24) is 5.32 Å². The first-order valence-electron chi connectivity index (χ1n) is 9.64. The molecule has 1 amide bonds. The lowest BCUT2D eigenvalue weighted by atomic mass is 10.1. The molecule has 156 valence electrons. The van der Waals surface area contributed by atoms with Gasteiger partial charge in [0.2, 0.25) is 0 Å². The Morgan fingerprint density at radius 1 is 1.00 bits per heavy atom. The SMILES string of the molecule is CN(c1ccc(Cl)cc1)S(=O)(=O)c1cc(C(=O)NC2CCCCCC2)ccc1Cl. The molecule has 0 saturated heterocycles. The summed E-state index contributed by atoms with van der Waals surface area (Å²) in [6.07, 6.45) is 6.46. The summed E-state index contributed by atoms with van der Waals surface area (Å²) in [5, 5.41) is 3.61. The van der Waals surface area contributed by atoms with Crippen LogP contribution in [-0.4, -0.2) is 27.4 Å². The van der Waals surface area contributed by atoms with Crippen molar-refractivity contribution < 1.29 is 13.2 Å². The number of hydrogen-bond donors (Lipinski definition) is 1. The lowest BCUT2D eigenvalue weighted by Gasteiger charge is -2.21. The third-order valence-electron chi connectivity index (χ3n) is 5.21. The molecule has 1 N–H and O–H groups in total. The number of hydrogen-bond acceptors (Lipinski definition) is 3. The zero-order chi connectivity index (χ0) is 21.0. The van der Waals surface area contributed by atoms with Gasteiger partial charge in [-0.05, 0) is 55.3 Å². The summed E-state index contributed by atoms with van der Waals surface area (Å²) in [6.45, 7) is 0. The number of rotatable bonds is 5. The Balaban J connectivity index is 1.85. The molecule has 0 unspecified atom stereocenters. The number of halogens is 2. The highest BCUT2D eigenvalue weighted by molar-refractivity contribution is 7.93. The molecule has 3 rings (SSSR count). The van der Waals surface area contributed by atoms with Crippen molar-refractivity contribution in [3.8, 4) is 0 Å². The van der Waals surface area contributed by atoms with E-state index in [-0.39, 0.29) is 27.4 Å². The highest BCUT2D eigenvalue weighted by Gasteiger charge is 2.26. The molecule has 0 bridgehead atoms. The first kappa shape index (κ1) is 21.9. The lowest BCUT2D eigenvalue weighted by Crippen LogP contribution is -2.34. The molecule has 0 aliphatic heterocycles. The molecular weight excluding hydrogens is 431 g/mol. The van der Waals surface area contributed by atoms with Crippen LogP contribution in [0.5, 0.6) is 0 Å². The molecule has 1 aliphatic rings. The third kappa shape index (κ3) is 5.24. The van der Waals surface area contributed by atoms with Crippen molar-refractivity contribution >= 4 is 44.8 Å². The molecule has 1 fully saturated rings. The first-order chi connectivity index (χ1) is 13.8. The smallest absolute Gasteiger partial charge is 0.265 e. The van der Waals surface area contributed by atoms with Gasteiger partial charge in [0.05, 0.1) is 10.7 Å². The molecule has 1 saturated carbocycles. The van der Waals surface area contributed by atoms with Crippen LogP contribution in [0.2, 0.25) is 10.0 Å². The fraction of sp³-hybridized carbons (Fsp3) is 0.381. The van der Waals surface area contributed by atoms with Gasteiger partial charge in [-0.3, -0.25) is 9.10 Å². The molecule has 2 aromatic carbocycles. The minimum atomic E-state index is -3.95. The Kier molecular flexibility index (Phi) is 7.09. The average Bonchev–Trinajstić information content (AvgIpc) is 2.96. The van der Waals surface area contributed by atoms with E-state index < -0.39 is 10.0 Å². The predicted molar refractivity (Wildman–Crippen MR) is 117 cm³/mol. The van der Waals surface area contributed by atoms with Crippen LogP contribution >= 0.6 is 23.2 Å². The Bertz CT molecular complexity index is 970. The molecule has 2 aromatic rings. The first-order valence-corrected chi connectivity index (χ1v) is 11.8. The fourth-order valence-corrected chi connectivity index (χ4v) is 5.29. The van der Waals surface area contributed by atoms with E-state index in [4.69, 9.17) is 23.2 Å². The molecule has 29 heavy (non-hydrogen) atoms. The quantitative estimate of drug-likeness (QED) is 0.625. The monoisotopic (exact) mass is 454 g/mol. The highest BCUT2D eigenvalue weighted by atomic mass is 35.5. The van der Waals surface area contributed by atoms with Gasteiger partial charge in [-0.1, -0.05) is 48.9 Å². The van der Waals surface area contributed by atoms with Gasteiger partial charge in [-0.15, -0.1) is 0 Å². The van der Waals surface area contributed by atoms with Gasteiger partial charge in [-0.2, -0.15) is 0 Å². The van der Waals surface area contributed by atoms with E-state index >= 15 is 0 Å². The van der Waals surface area contributed by atoms with E-state index in [1.165, 1.54) is 32.0 Å². The van der Waals surface area contributed by atoms with Crippen LogP contribution in [0.25, 0.3) is 0 Å². The Labute approximate surface area is 182 Å². The van der Waals surface area contributed by atoms with Crippen molar-refractivity contribution in [3.05, 3.63) is 58.1 Å². The summed E-state index contributed by atoms with van der Waals surface area (Å²) in [6, 6.07) is 10.9. The van der Waals surface area contributed by atoms with E-state index in [2.05, 4.69) is 5.32 Å². The van der Waals surface area contributed by atoms with Crippen LogP contribution in [0.4, 0.5) is 5.69 Å². The van der Waals surface area contributed by atoms with Crippen LogP contribution < -0.4 is 9.62 Å². The molecule has 5 nitrogen and oxygen atoms in total. The highest BCUT2D eigenvalue weighted by Crippen LogP contribution is 2.29. The van der Waals surface area contributed by atoms with Gasteiger partial charge in [0, 0.05) is 23.7 Å². The fourth-order valence-electron chi connectivity index (χ4n) is 3.47. The summed E-state index contributed by atoms with van der Waals surface area (Å²) in [7, 11) is -2.51. The molecule has 0 aromatic heterocycles. The zero-order valence-corrected chi connectivity index (χ0v) is 18.5. The second-order valence-electron chi connectivity index (χ2n) is 7.26. The maximum Gasteiger partial charge on any atom is 0.265 e. The summed E-state index contributed by atoms with van der Waals surface area (Å²) in [5.74, 6) is -0.279. The maximum absolute atomic E-state index is 13.1. The van der Waals surface area contributed by atoms with Crippen molar-refractivity contribution in [1.29, 1.82) is 0 Å². The summed E-state index contributed by atoms with van der Waals surface area (Å²) < 4.78 is 27.4. The Morgan fingerprint density at radius 3 is 2.24 bits per heavy atom. The minimum absolute atomic E-state index is 0.0665. The van der Waals surface area contributed by atoms with E-state index in [1.807, 2.05) is 0 Å². The lowest BCUT2D eigenvalue weighted by molar-refractivity contribution is 0.0933. The molecule has 0 atom stereocenters. The molecular formula is C21H24Cl2N2O3S. The Morgan fingerprint density at radius 2 is 1.62 bits per heavy atom. The summed E-state index contributed by atoms with van der Waals surface area (Å²) in [5.41, 5.74) is 0.723. The Hall–Kier alpha value is -1.76. The number of amides is 1. The van der Waals surface area contributed by atoms with E-state index in [9.17, 15) is 13.2 Å². The zero-order valence-electron chi connectivity index (χ0n) is 16.2. The van der Waals surface area contributed by atoms with E-state index in [1.54, 1.807) is 30.3 Å². The summed E-state index contributed by atoms with van der Waals surface area (Å²) in [4.78, 5) is 12.6. The van der Waals surface area contributed by atoms with E-state index in [0.717, 1.165) is 30.0 Å². The number of sulfonamides is 1. The van der Waals surface area contributed by atoms with Crippen molar-refractivity contribution in [2.24, 2.45) is 0 Å². The van der Waals surface area contributed by atoms with Crippen molar-refractivity contribution in [2.45, 2.75) is 49.5 Å². The van der Waals surface area contributed by atoms with Gasteiger partial charge in [-0.25, -0.2) is 8.42 Å². The molecule has 8 heteroatoms. The molecule has 0 radical (unpaired) electrons. The number of nitrogens with one attached hydrogen (secondary N) is 1. The van der Waals surface area contributed by atoms with Gasteiger partial charge in [0.1, 0.15) is 4.90 Å². The number of benzene rings is 2. The third-order valence-corrected chi connectivity index (χ3v) is 7.73. The second kappa shape index (κ2) is 9.37.